The van der Waals surface area contributed by atoms with Gasteiger partial charge >= 0.3 is 0 Å². The molecule has 1 N–H and O–H groups in total. The average molecular weight is 240 g/mol. The van der Waals surface area contributed by atoms with E-state index in [4.69, 9.17) is 0 Å². The lowest BCUT2D eigenvalue weighted by atomic mass is 9.63. The Labute approximate surface area is 104 Å². The summed E-state index contributed by atoms with van der Waals surface area (Å²) in [6, 6.07) is 0. The number of aliphatic hydroxyl groups is 1. The molecule has 2 fully saturated rings. The Kier molecular flexibility index (Phi) is 4.24. The number of halogens is 1. The Morgan fingerprint density at radius 1 is 1.35 bits per heavy atom. The second kappa shape index (κ2) is 5.51. The highest BCUT2D eigenvalue weighted by molar-refractivity contribution is 5.00. The molecule has 0 amide bonds. The first-order chi connectivity index (χ1) is 8.18. The van der Waals surface area contributed by atoms with Crippen molar-refractivity contribution in [3.63, 3.8) is 0 Å². The molecular weight excluding hydrogens is 215 g/mol. The number of allylic oxidation sites excluding steroid dienone is 1. The fourth-order valence-electron chi connectivity index (χ4n) is 3.35. The van der Waals surface area contributed by atoms with Crippen LogP contribution in [0.4, 0.5) is 4.39 Å². The summed E-state index contributed by atoms with van der Waals surface area (Å²) in [5, 5.41) is 10.2. The van der Waals surface area contributed by atoms with Crippen LogP contribution in [-0.2, 0) is 0 Å². The number of alkyl halides is 1. The molecule has 0 bridgehead atoms. The first kappa shape index (κ1) is 13.1. The van der Waals surface area contributed by atoms with Crippen molar-refractivity contribution in [3.8, 4) is 0 Å². The zero-order valence-electron chi connectivity index (χ0n) is 10.9. The molecule has 98 valence electrons. The third-order valence-electron chi connectivity index (χ3n) is 4.98. The maximum atomic E-state index is 13.4. The van der Waals surface area contributed by atoms with Gasteiger partial charge in [0.25, 0.3) is 0 Å². The molecular formula is C15H25FO. The summed E-state index contributed by atoms with van der Waals surface area (Å²) >= 11 is 0. The van der Waals surface area contributed by atoms with Crippen molar-refractivity contribution in [1.82, 2.24) is 0 Å². The van der Waals surface area contributed by atoms with E-state index >= 15 is 0 Å². The zero-order chi connectivity index (χ0) is 12.3. The fourth-order valence-corrected chi connectivity index (χ4v) is 3.35. The minimum atomic E-state index is -0.646. The van der Waals surface area contributed by atoms with Gasteiger partial charge in [0.2, 0.25) is 0 Å². The van der Waals surface area contributed by atoms with Gasteiger partial charge in [-0.2, -0.15) is 0 Å². The van der Waals surface area contributed by atoms with Crippen LogP contribution in [-0.4, -0.2) is 17.4 Å². The summed E-state index contributed by atoms with van der Waals surface area (Å²) in [4.78, 5) is 0. The number of aliphatic hydroxyl groups excluding tert-OH is 1. The van der Waals surface area contributed by atoms with Crippen LogP contribution < -0.4 is 0 Å². The van der Waals surface area contributed by atoms with Crippen LogP contribution in [0.15, 0.2) is 12.2 Å². The van der Waals surface area contributed by atoms with Gasteiger partial charge in [-0.15, -0.1) is 0 Å². The molecule has 0 aromatic heterocycles. The van der Waals surface area contributed by atoms with Crippen molar-refractivity contribution < 1.29 is 9.50 Å². The predicted octanol–water partition coefficient (Wildman–Crippen LogP) is 4.01. The van der Waals surface area contributed by atoms with E-state index in [1.165, 1.54) is 6.42 Å². The minimum absolute atomic E-state index is 0.112. The first-order valence-corrected chi connectivity index (χ1v) is 7.17. The molecule has 0 heterocycles. The molecule has 2 heteroatoms. The van der Waals surface area contributed by atoms with Gasteiger partial charge in [-0.25, -0.2) is 4.39 Å². The largest absolute Gasteiger partial charge is 0.392 e. The number of hydrogen-bond donors (Lipinski definition) is 1. The van der Waals surface area contributed by atoms with E-state index in [0.717, 1.165) is 38.5 Å². The lowest BCUT2D eigenvalue weighted by molar-refractivity contribution is -0.0355. The molecule has 2 aliphatic carbocycles. The molecule has 0 aromatic carbocycles. The fraction of sp³-hybridized carbons (Fsp3) is 0.867. The molecule has 0 aromatic rings. The van der Waals surface area contributed by atoms with Gasteiger partial charge in [-0.05, 0) is 50.4 Å². The Morgan fingerprint density at radius 2 is 2.12 bits per heavy atom. The van der Waals surface area contributed by atoms with Crippen LogP contribution in [0.25, 0.3) is 0 Å². The molecule has 2 aliphatic rings. The van der Waals surface area contributed by atoms with E-state index in [-0.39, 0.29) is 17.4 Å². The molecule has 17 heavy (non-hydrogen) atoms. The maximum Gasteiger partial charge on any atom is 0.106 e. The van der Waals surface area contributed by atoms with Crippen molar-refractivity contribution in [2.45, 2.75) is 70.6 Å². The molecule has 3 unspecified atom stereocenters. The number of hydrogen-bond acceptors (Lipinski definition) is 1. The van der Waals surface area contributed by atoms with Gasteiger partial charge in [0.15, 0.2) is 0 Å². The van der Waals surface area contributed by atoms with Crippen LogP contribution >= 0.6 is 0 Å². The summed E-state index contributed by atoms with van der Waals surface area (Å²) in [6.07, 6.45) is 11.2. The van der Waals surface area contributed by atoms with E-state index in [0.29, 0.717) is 6.42 Å². The molecule has 0 radical (unpaired) electrons. The predicted molar refractivity (Wildman–Crippen MR) is 68.6 cm³/mol. The topological polar surface area (TPSA) is 20.2 Å². The second-order valence-electron chi connectivity index (χ2n) is 5.86. The minimum Gasteiger partial charge on any atom is -0.392 e. The van der Waals surface area contributed by atoms with E-state index in [1.54, 1.807) is 0 Å². The van der Waals surface area contributed by atoms with Crippen molar-refractivity contribution in [1.29, 1.82) is 0 Å². The summed E-state index contributed by atoms with van der Waals surface area (Å²) in [5.41, 5.74) is 0.176. The maximum absolute atomic E-state index is 13.4. The quantitative estimate of drug-likeness (QED) is 0.720. The zero-order valence-corrected chi connectivity index (χ0v) is 10.9. The van der Waals surface area contributed by atoms with Crippen LogP contribution in [0.2, 0.25) is 0 Å². The highest BCUT2D eigenvalue weighted by Gasteiger charge is 2.40. The summed E-state index contributed by atoms with van der Waals surface area (Å²) in [7, 11) is 0. The third kappa shape index (κ3) is 2.73. The Hall–Kier alpha value is -0.370. The smallest absolute Gasteiger partial charge is 0.106 e. The summed E-state index contributed by atoms with van der Waals surface area (Å²) in [5.74, 6) is 0.112. The lowest BCUT2D eigenvalue weighted by Gasteiger charge is -2.45. The van der Waals surface area contributed by atoms with E-state index in [1.807, 2.05) is 12.2 Å². The van der Waals surface area contributed by atoms with E-state index < -0.39 is 6.17 Å². The van der Waals surface area contributed by atoms with Crippen molar-refractivity contribution in [2.75, 3.05) is 0 Å². The standard InChI is InChI=1S/C15H25FO/c1-2-15(10-5-11-15)14(17)9-4-7-12-6-3-8-13(12)16/h4,7,12-14,17H,2-3,5-6,8-11H2,1H3/b7-4+. The Morgan fingerprint density at radius 3 is 2.59 bits per heavy atom. The van der Waals surface area contributed by atoms with Crippen LogP contribution in [0.3, 0.4) is 0 Å². The molecule has 0 spiro atoms. The lowest BCUT2D eigenvalue weighted by Crippen LogP contribution is -2.40. The summed E-state index contributed by atoms with van der Waals surface area (Å²) in [6.45, 7) is 2.17. The first-order valence-electron chi connectivity index (χ1n) is 7.17. The molecule has 2 rings (SSSR count). The monoisotopic (exact) mass is 240 g/mol. The molecule has 0 saturated heterocycles. The molecule has 0 aliphatic heterocycles. The van der Waals surface area contributed by atoms with Crippen molar-refractivity contribution in [3.05, 3.63) is 12.2 Å². The van der Waals surface area contributed by atoms with Gasteiger partial charge in [0.1, 0.15) is 6.17 Å². The Balaban J connectivity index is 1.79. The van der Waals surface area contributed by atoms with E-state index in [9.17, 15) is 9.50 Å². The van der Waals surface area contributed by atoms with Gasteiger partial charge in [0.05, 0.1) is 6.10 Å². The van der Waals surface area contributed by atoms with Gasteiger partial charge < -0.3 is 5.11 Å². The third-order valence-corrected chi connectivity index (χ3v) is 4.98. The normalized spacial score (nSPS) is 33.8. The van der Waals surface area contributed by atoms with E-state index in [2.05, 4.69) is 6.92 Å². The van der Waals surface area contributed by atoms with Gasteiger partial charge in [0, 0.05) is 5.92 Å². The van der Waals surface area contributed by atoms with Crippen molar-refractivity contribution in [2.24, 2.45) is 11.3 Å². The molecule has 3 atom stereocenters. The molecule has 2 saturated carbocycles. The highest BCUT2D eigenvalue weighted by Crippen LogP contribution is 2.47. The van der Waals surface area contributed by atoms with Crippen molar-refractivity contribution >= 4 is 0 Å². The van der Waals surface area contributed by atoms with Crippen LogP contribution in [0.5, 0.6) is 0 Å². The average Bonchev–Trinajstić information content (AvgIpc) is 2.64. The number of rotatable bonds is 5. The SMILES string of the molecule is CCC1(C(O)C/C=C/C2CCCC2F)CCC1. The second-order valence-corrected chi connectivity index (χ2v) is 5.86. The van der Waals surface area contributed by atoms with Gasteiger partial charge in [-0.3, -0.25) is 0 Å². The molecule has 1 nitrogen and oxygen atoms in total. The van der Waals surface area contributed by atoms with Crippen LogP contribution in [0.1, 0.15) is 58.3 Å². The van der Waals surface area contributed by atoms with Gasteiger partial charge in [-0.1, -0.05) is 25.5 Å². The summed E-state index contributed by atoms with van der Waals surface area (Å²) < 4.78 is 13.4. The van der Waals surface area contributed by atoms with Crippen LogP contribution in [0, 0.1) is 11.3 Å². The Bertz CT molecular complexity index is 265. The highest BCUT2D eigenvalue weighted by atomic mass is 19.1.